The highest BCUT2D eigenvalue weighted by Gasteiger charge is 2.21. The Balaban J connectivity index is 1.94. The van der Waals surface area contributed by atoms with Crippen LogP contribution in [0.2, 0.25) is 0 Å². The Morgan fingerprint density at radius 2 is 1.83 bits per heavy atom. The normalized spacial score (nSPS) is 16.0. The molecule has 0 aliphatic carbocycles. The number of thiophene rings is 1. The lowest BCUT2D eigenvalue weighted by Gasteiger charge is -2.19. The van der Waals surface area contributed by atoms with E-state index in [4.69, 9.17) is 4.74 Å². The molecule has 1 aromatic heterocycles. The first-order valence-corrected chi connectivity index (χ1v) is 9.05. The predicted octanol–water partition coefficient (Wildman–Crippen LogP) is 3.36. The van der Waals surface area contributed by atoms with Crippen LogP contribution in [0.4, 0.5) is 5.00 Å². The van der Waals surface area contributed by atoms with Crippen molar-refractivity contribution in [2.75, 3.05) is 32.1 Å². The minimum Gasteiger partial charge on any atom is -0.465 e. The van der Waals surface area contributed by atoms with Crippen LogP contribution < -0.4 is 5.32 Å². The van der Waals surface area contributed by atoms with Crippen LogP contribution >= 0.6 is 11.3 Å². The first-order chi connectivity index (χ1) is 11.0. The Morgan fingerprint density at radius 1 is 1.17 bits per heavy atom. The molecule has 128 valence electrons. The van der Waals surface area contributed by atoms with Gasteiger partial charge >= 0.3 is 5.97 Å². The van der Waals surface area contributed by atoms with E-state index >= 15 is 0 Å². The molecule has 1 aromatic rings. The molecule has 1 aliphatic heterocycles. The van der Waals surface area contributed by atoms with E-state index in [0.29, 0.717) is 17.0 Å². The molecule has 0 radical (unpaired) electrons. The summed E-state index contributed by atoms with van der Waals surface area (Å²) in [6, 6.07) is 0. The molecule has 0 unspecified atom stereocenters. The van der Waals surface area contributed by atoms with Crippen LogP contribution in [0.3, 0.4) is 0 Å². The number of ether oxygens (including phenoxy) is 1. The molecule has 1 amide bonds. The van der Waals surface area contributed by atoms with Crippen molar-refractivity contribution in [1.82, 2.24) is 4.90 Å². The fraction of sp³-hybridized carbons (Fsp3) is 0.647. The van der Waals surface area contributed by atoms with E-state index in [0.717, 1.165) is 30.1 Å². The minimum absolute atomic E-state index is 0.0411. The molecular weight excluding hydrogens is 312 g/mol. The monoisotopic (exact) mass is 338 g/mol. The molecule has 0 atom stereocenters. The number of likely N-dealkylation sites (tertiary alicyclic amines) is 1. The number of carbonyl (C=O) groups excluding carboxylic acids is 2. The number of esters is 1. The molecule has 6 heteroatoms. The van der Waals surface area contributed by atoms with Gasteiger partial charge in [-0.25, -0.2) is 4.79 Å². The Bertz CT molecular complexity index is 560. The van der Waals surface area contributed by atoms with E-state index in [-0.39, 0.29) is 5.91 Å². The molecule has 1 fully saturated rings. The van der Waals surface area contributed by atoms with Gasteiger partial charge in [0.2, 0.25) is 5.91 Å². The largest absolute Gasteiger partial charge is 0.465 e. The molecule has 1 aliphatic rings. The molecule has 1 saturated heterocycles. The molecule has 0 aromatic carbocycles. The molecule has 0 bridgehead atoms. The van der Waals surface area contributed by atoms with Crippen molar-refractivity contribution in [3.05, 3.63) is 16.0 Å². The number of carbonyl (C=O) groups is 2. The van der Waals surface area contributed by atoms with Crippen molar-refractivity contribution >= 4 is 28.2 Å². The topological polar surface area (TPSA) is 58.6 Å². The lowest BCUT2D eigenvalue weighted by molar-refractivity contribution is -0.116. The number of aryl methyl sites for hydroxylation is 1. The van der Waals surface area contributed by atoms with Gasteiger partial charge in [0.15, 0.2) is 0 Å². The number of amides is 1. The fourth-order valence-electron chi connectivity index (χ4n) is 2.87. The third-order valence-corrected chi connectivity index (χ3v) is 5.50. The maximum Gasteiger partial charge on any atom is 0.341 e. The van der Waals surface area contributed by atoms with Gasteiger partial charge in [0.25, 0.3) is 0 Å². The Labute approximate surface area is 142 Å². The first-order valence-electron chi connectivity index (χ1n) is 8.23. The first kappa shape index (κ1) is 17.9. The zero-order valence-electron chi connectivity index (χ0n) is 14.2. The van der Waals surface area contributed by atoms with Crippen molar-refractivity contribution in [2.45, 2.75) is 46.0 Å². The van der Waals surface area contributed by atoms with Gasteiger partial charge in [0, 0.05) is 17.8 Å². The van der Waals surface area contributed by atoms with Crippen LogP contribution in [-0.4, -0.2) is 43.5 Å². The van der Waals surface area contributed by atoms with Gasteiger partial charge in [0.05, 0.1) is 12.7 Å². The lowest BCUT2D eigenvalue weighted by Crippen LogP contribution is -2.28. The zero-order chi connectivity index (χ0) is 16.8. The van der Waals surface area contributed by atoms with E-state index in [1.165, 1.54) is 44.1 Å². The van der Waals surface area contributed by atoms with Gasteiger partial charge < -0.3 is 15.0 Å². The van der Waals surface area contributed by atoms with Crippen molar-refractivity contribution in [1.29, 1.82) is 0 Å². The number of hydrogen-bond donors (Lipinski definition) is 1. The summed E-state index contributed by atoms with van der Waals surface area (Å²) in [4.78, 5) is 27.5. The second kappa shape index (κ2) is 8.45. The summed E-state index contributed by atoms with van der Waals surface area (Å²) >= 11 is 1.43. The molecule has 2 heterocycles. The van der Waals surface area contributed by atoms with Gasteiger partial charge in [-0.2, -0.15) is 0 Å². The maximum atomic E-state index is 12.2. The summed E-state index contributed by atoms with van der Waals surface area (Å²) in [7, 11) is 1.36. The van der Waals surface area contributed by atoms with Gasteiger partial charge in [0.1, 0.15) is 5.00 Å². The Morgan fingerprint density at radius 3 is 2.43 bits per heavy atom. The SMILES string of the molecule is COC(=O)c1c(NC(=O)CCN2CCCCCC2)sc(C)c1C. The summed E-state index contributed by atoms with van der Waals surface area (Å²) in [5.74, 6) is -0.435. The average molecular weight is 338 g/mol. The quantitative estimate of drug-likeness (QED) is 0.837. The standard InChI is InChI=1S/C17H26N2O3S/c1-12-13(2)23-16(15(12)17(21)22-3)18-14(20)8-11-19-9-6-4-5-7-10-19/h4-11H2,1-3H3,(H,18,20). The summed E-state index contributed by atoms with van der Waals surface area (Å²) in [5, 5.41) is 3.50. The number of anilines is 1. The predicted molar refractivity (Wildman–Crippen MR) is 93.3 cm³/mol. The van der Waals surface area contributed by atoms with Gasteiger partial charge in [-0.05, 0) is 45.3 Å². The summed E-state index contributed by atoms with van der Waals surface area (Å²) in [5.41, 5.74) is 1.36. The van der Waals surface area contributed by atoms with Gasteiger partial charge in [-0.1, -0.05) is 12.8 Å². The van der Waals surface area contributed by atoms with Crippen LogP contribution in [0.25, 0.3) is 0 Å². The van der Waals surface area contributed by atoms with Gasteiger partial charge in [-0.15, -0.1) is 11.3 Å². The van der Waals surface area contributed by atoms with E-state index in [1.807, 2.05) is 13.8 Å². The molecule has 1 N–H and O–H groups in total. The molecular formula is C17H26N2O3S. The molecule has 2 rings (SSSR count). The fourth-order valence-corrected chi connectivity index (χ4v) is 3.94. The Kier molecular flexibility index (Phi) is 6.59. The van der Waals surface area contributed by atoms with Crippen LogP contribution in [0.1, 0.15) is 52.9 Å². The number of methoxy groups -OCH3 is 1. The van der Waals surface area contributed by atoms with Crippen LogP contribution in [0.5, 0.6) is 0 Å². The molecule has 0 spiro atoms. The smallest absolute Gasteiger partial charge is 0.341 e. The van der Waals surface area contributed by atoms with Crippen molar-refractivity contribution in [3.63, 3.8) is 0 Å². The van der Waals surface area contributed by atoms with Crippen LogP contribution in [0.15, 0.2) is 0 Å². The molecule has 0 saturated carbocycles. The highest BCUT2D eigenvalue weighted by atomic mass is 32.1. The second-order valence-electron chi connectivity index (χ2n) is 6.03. The number of nitrogens with one attached hydrogen (secondary N) is 1. The number of rotatable bonds is 5. The zero-order valence-corrected chi connectivity index (χ0v) is 15.1. The van der Waals surface area contributed by atoms with Crippen LogP contribution in [0, 0.1) is 13.8 Å². The summed E-state index contributed by atoms with van der Waals surface area (Å²) < 4.78 is 4.83. The summed E-state index contributed by atoms with van der Waals surface area (Å²) in [6.07, 6.45) is 5.48. The van der Waals surface area contributed by atoms with Crippen LogP contribution in [-0.2, 0) is 9.53 Å². The van der Waals surface area contributed by atoms with E-state index in [1.54, 1.807) is 0 Å². The highest BCUT2D eigenvalue weighted by molar-refractivity contribution is 7.16. The third kappa shape index (κ3) is 4.78. The van der Waals surface area contributed by atoms with E-state index in [2.05, 4.69) is 10.2 Å². The maximum absolute atomic E-state index is 12.2. The molecule has 23 heavy (non-hydrogen) atoms. The van der Waals surface area contributed by atoms with E-state index < -0.39 is 5.97 Å². The third-order valence-electron chi connectivity index (χ3n) is 4.38. The average Bonchev–Trinajstić information content (AvgIpc) is 2.74. The van der Waals surface area contributed by atoms with E-state index in [9.17, 15) is 9.59 Å². The van der Waals surface area contributed by atoms with Crippen molar-refractivity contribution in [2.24, 2.45) is 0 Å². The highest BCUT2D eigenvalue weighted by Crippen LogP contribution is 2.33. The van der Waals surface area contributed by atoms with Gasteiger partial charge in [-0.3, -0.25) is 4.79 Å². The lowest BCUT2D eigenvalue weighted by atomic mass is 10.1. The second-order valence-corrected chi connectivity index (χ2v) is 7.26. The molecule has 5 nitrogen and oxygen atoms in total. The van der Waals surface area contributed by atoms with Crippen molar-refractivity contribution in [3.8, 4) is 0 Å². The minimum atomic E-state index is -0.394. The van der Waals surface area contributed by atoms with Crippen molar-refractivity contribution < 1.29 is 14.3 Å². The number of hydrogen-bond acceptors (Lipinski definition) is 5. The Hall–Kier alpha value is -1.40. The number of nitrogens with zero attached hydrogens (tertiary/aromatic N) is 1. The summed E-state index contributed by atoms with van der Waals surface area (Å²) in [6.45, 7) is 6.77.